The molecule has 76 valence electrons. The lowest BCUT2D eigenvalue weighted by Crippen LogP contribution is -2.36. The van der Waals surface area contributed by atoms with Crippen molar-refractivity contribution >= 4 is 34.5 Å². The average molecular weight is 304 g/mol. The second-order valence-electron chi connectivity index (χ2n) is 3.19. The summed E-state index contributed by atoms with van der Waals surface area (Å²) in [5.41, 5.74) is 7.49. The number of carbonyl (C=O) groups excluding carboxylic acids is 1. The highest BCUT2D eigenvalue weighted by molar-refractivity contribution is 14.1. The van der Waals surface area contributed by atoms with Crippen molar-refractivity contribution in [2.24, 2.45) is 5.73 Å². The van der Waals surface area contributed by atoms with E-state index in [1.807, 2.05) is 54.1 Å². The van der Waals surface area contributed by atoms with Gasteiger partial charge < -0.3 is 5.73 Å². The average Bonchev–Trinajstić information content (AvgIpc) is 2.16. The third-order valence-corrected chi connectivity index (χ3v) is 2.91. The lowest BCUT2D eigenvalue weighted by Gasteiger charge is -2.18. The van der Waals surface area contributed by atoms with E-state index in [2.05, 4.69) is 0 Å². The first-order valence-corrected chi connectivity index (χ1v) is 5.31. The number of hydrogen-bond acceptors (Lipinski definition) is 2. The van der Waals surface area contributed by atoms with E-state index >= 15 is 0 Å². The van der Waals surface area contributed by atoms with Gasteiger partial charge >= 0.3 is 0 Å². The van der Waals surface area contributed by atoms with Gasteiger partial charge in [0.25, 0.3) is 5.91 Å². The number of nitrogens with zero attached hydrogens (tertiary/aromatic N) is 1. The minimum absolute atomic E-state index is 0.0834. The van der Waals surface area contributed by atoms with E-state index in [-0.39, 0.29) is 5.91 Å². The first-order chi connectivity index (χ1) is 6.54. The number of para-hydroxylation sites is 1. The molecule has 1 unspecified atom stereocenters. The zero-order chi connectivity index (χ0) is 10.7. The van der Waals surface area contributed by atoms with Gasteiger partial charge in [-0.15, -0.1) is 0 Å². The molecule has 0 bridgehead atoms. The van der Waals surface area contributed by atoms with Gasteiger partial charge in [-0.1, -0.05) is 18.2 Å². The molecule has 1 rings (SSSR count). The van der Waals surface area contributed by atoms with Crippen molar-refractivity contribution in [2.75, 3.05) is 3.11 Å². The molecule has 0 aliphatic heterocycles. The molecule has 1 amide bonds. The number of carbonyl (C=O) groups is 1. The molecule has 3 nitrogen and oxygen atoms in total. The van der Waals surface area contributed by atoms with Crippen molar-refractivity contribution in [1.29, 1.82) is 0 Å². The molecule has 0 aliphatic rings. The molecule has 0 aliphatic carbocycles. The van der Waals surface area contributed by atoms with Crippen molar-refractivity contribution in [3.05, 3.63) is 29.8 Å². The minimum Gasteiger partial charge on any atom is -0.320 e. The van der Waals surface area contributed by atoms with Gasteiger partial charge in [0.05, 0.1) is 34.6 Å². The molecular weight excluding hydrogens is 291 g/mol. The fraction of sp³-hybridized carbons (Fsp3) is 0.300. The molecule has 0 saturated carbocycles. The Balaban J connectivity index is 2.95. The summed E-state index contributed by atoms with van der Waals surface area (Å²) in [6.07, 6.45) is 0. The van der Waals surface area contributed by atoms with Gasteiger partial charge in [-0.3, -0.25) is 7.91 Å². The van der Waals surface area contributed by atoms with Gasteiger partial charge in [0.15, 0.2) is 0 Å². The fourth-order valence-corrected chi connectivity index (χ4v) is 2.06. The largest absolute Gasteiger partial charge is 0.320 e. The maximum Gasteiger partial charge on any atom is 0.252 e. The highest BCUT2D eigenvalue weighted by Crippen LogP contribution is 2.23. The van der Waals surface area contributed by atoms with E-state index in [1.165, 1.54) is 0 Å². The third kappa shape index (κ3) is 2.45. The van der Waals surface area contributed by atoms with Crippen LogP contribution in [0.2, 0.25) is 0 Å². The van der Waals surface area contributed by atoms with Crippen LogP contribution in [0.3, 0.4) is 0 Å². The van der Waals surface area contributed by atoms with Crippen LogP contribution >= 0.6 is 22.9 Å². The lowest BCUT2D eigenvalue weighted by molar-refractivity contribution is -0.117. The molecule has 0 heterocycles. The number of nitrogens with two attached hydrogens (primary N) is 1. The first-order valence-electron chi connectivity index (χ1n) is 4.35. The van der Waals surface area contributed by atoms with Crippen LogP contribution in [0.4, 0.5) is 5.69 Å². The van der Waals surface area contributed by atoms with E-state index in [9.17, 15) is 4.79 Å². The Morgan fingerprint density at radius 3 is 2.57 bits per heavy atom. The topological polar surface area (TPSA) is 46.3 Å². The molecular formula is C10H13IN2O. The molecule has 1 aromatic carbocycles. The smallest absolute Gasteiger partial charge is 0.252 e. The fourth-order valence-electron chi connectivity index (χ4n) is 1.08. The SMILES string of the molecule is Cc1ccccc1N(I)C(=O)C(C)N. The lowest BCUT2D eigenvalue weighted by atomic mass is 10.2. The molecule has 1 atom stereocenters. The Hall–Kier alpha value is -0.620. The van der Waals surface area contributed by atoms with Crippen LogP contribution in [0, 0.1) is 6.92 Å². The molecule has 0 spiro atoms. The third-order valence-electron chi connectivity index (χ3n) is 1.91. The Morgan fingerprint density at radius 1 is 1.50 bits per heavy atom. The summed E-state index contributed by atoms with van der Waals surface area (Å²) in [5, 5.41) is 0. The predicted molar refractivity (Wildman–Crippen MR) is 66.3 cm³/mol. The van der Waals surface area contributed by atoms with E-state index in [0.29, 0.717) is 0 Å². The number of anilines is 1. The van der Waals surface area contributed by atoms with Crippen LogP contribution in [-0.4, -0.2) is 11.9 Å². The van der Waals surface area contributed by atoms with Crippen molar-refractivity contribution in [3.8, 4) is 0 Å². The molecule has 2 N–H and O–H groups in total. The summed E-state index contributed by atoms with van der Waals surface area (Å²) in [7, 11) is 0. The number of halogens is 1. The highest BCUT2D eigenvalue weighted by Gasteiger charge is 2.17. The maximum atomic E-state index is 11.6. The van der Waals surface area contributed by atoms with Crippen LogP contribution in [0.5, 0.6) is 0 Å². The standard InChI is InChI=1S/C10H13IN2O/c1-7-5-3-4-6-9(7)13(11)10(14)8(2)12/h3-6,8H,12H2,1-2H3. The van der Waals surface area contributed by atoms with Crippen LogP contribution < -0.4 is 8.85 Å². The number of aryl methyl sites for hydroxylation is 1. The highest BCUT2D eigenvalue weighted by atomic mass is 127. The van der Waals surface area contributed by atoms with Crippen LogP contribution in [0.25, 0.3) is 0 Å². The summed E-state index contributed by atoms with van der Waals surface area (Å²) in [4.78, 5) is 11.6. The number of rotatable bonds is 2. The van der Waals surface area contributed by atoms with E-state index in [1.54, 1.807) is 10.0 Å². The second-order valence-corrected chi connectivity index (χ2v) is 4.16. The second kappa shape index (κ2) is 4.75. The molecule has 0 radical (unpaired) electrons. The molecule has 14 heavy (non-hydrogen) atoms. The monoisotopic (exact) mass is 304 g/mol. The van der Waals surface area contributed by atoms with Gasteiger partial charge in [-0.05, 0) is 25.5 Å². The number of amides is 1. The number of hydrogen-bond donors (Lipinski definition) is 1. The Labute approximate surface area is 97.8 Å². The predicted octanol–water partition coefficient (Wildman–Crippen LogP) is 2.03. The zero-order valence-corrected chi connectivity index (χ0v) is 10.4. The van der Waals surface area contributed by atoms with Gasteiger partial charge in [-0.2, -0.15) is 0 Å². The molecule has 0 fully saturated rings. The van der Waals surface area contributed by atoms with Crippen molar-refractivity contribution in [2.45, 2.75) is 19.9 Å². The maximum absolute atomic E-state index is 11.6. The molecule has 0 saturated heterocycles. The van der Waals surface area contributed by atoms with E-state index < -0.39 is 6.04 Å². The van der Waals surface area contributed by atoms with Gasteiger partial charge in [0.1, 0.15) is 0 Å². The van der Waals surface area contributed by atoms with Crippen molar-refractivity contribution in [3.63, 3.8) is 0 Å². The van der Waals surface area contributed by atoms with Gasteiger partial charge in [-0.25, -0.2) is 0 Å². The normalized spacial score (nSPS) is 12.3. The summed E-state index contributed by atoms with van der Waals surface area (Å²) < 4.78 is 1.57. The summed E-state index contributed by atoms with van der Waals surface area (Å²) in [6.45, 7) is 3.65. The molecule has 1 aromatic rings. The molecule has 4 heteroatoms. The Bertz CT molecular complexity index is 339. The van der Waals surface area contributed by atoms with E-state index in [4.69, 9.17) is 5.73 Å². The Morgan fingerprint density at radius 2 is 2.07 bits per heavy atom. The summed E-state index contributed by atoms with van der Waals surface area (Å²) in [6, 6.07) is 7.26. The zero-order valence-electron chi connectivity index (χ0n) is 8.20. The van der Waals surface area contributed by atoms with E-state index in [0.717, 1.165) is 11.3 Å². The minimum atomic E-state index is -0.466. The van der Waals surface area contributed by atoms with Crippen LogP contribution in [0.15, 0.2) is 24.3 Å². The van der Waals surface area contributed by atoms with Crippen molar-refractivity contribution < 1.29 is 4.79 Å². The van der Waals surface area contributed by atoms with Gasteiger partial charge in [0, 0.05) is 0 Å². The number of benzene rings is 1. The first kappa shape index (κ1) is 11.5. The van der Waals surface area contributed by atoms with Crippen LogP contribution in [0.1, 0.15) is 12.5 Å². The quantitative estimate of drug-likeness (QED) is 0.671. The summed E-state index contributed by atoms with van der Waals surface area (Å²) >= 11 is 1.98. The summed E-state index contributed by atoms with van der Waals surface area (Å²) in [5.74, 6) is -0.0834. The Kier molecular flexibility index (Phi) is 3.88. The van der Waals surface area contributed by atoms with Crippen molar-refractivity contribution in [1.82, 2.24) is 0 Å². The molecule has 0 aromatic heterocycles. The van der Waals surface area contributed by atoms with Gasteiger partial charge in [0.2, 0.25) is 0 Å². The van der Waals surface area contributed by atoms with Crippen LogP contribution in [-0.2, 0) is 4.79 Å².